The van der Waals surface area contributed by atoms with Gasteiger partial charge in [-0.1, -0.05) is 31.5 Å². The van der Waals surface area contributed by atoms with E-state index < -0.39 is 0 Å². The molecule has 0 aliphatic heterocycles. The Bertz CT molecular complexity index is 1160. The van der Waals surface area contributed by atoms with Crippen LogP contribution in [0.1, 0.15) is 36.6 Å². The maximum absolute atomic E-state index is 10.9. The number of aryl methyl sites for hydroxylation is 3. The van der Waals surface area contributed by atoms with Gasteiger partial charge in [-0.3, -0.25) is 0 Å². The van der Waals surface area contributed by atoms with E-state index in [2.05, 4.69) is 27.3 Å². The van der Waals surface area contributed by atoms with E-state index in [0.717, 1.165) is 40.0 Å². The van der Waals surface area contributed by atoms with E-state index in [9.17, 15) is 5.21 Å². The number of para-hydroxylation sites is 1. The van der Waals surface area contributed by atoms with Gasteiger partial charge in [0.2, 0.25) is 5.82 Å². The number of rotatable bonds is 6. The molecule has 0 aliphatic carbocycles. The molecule has 0 spiro atoms. The van der Waals surface area contributed by atoms with Crippen molar-refractivity contribution in [3.63, 3.8) is 0 Å². The van der Waals surface area contributed by atoms with Crippen molar-refractivity contribution < 1.29 is 9.94 Å². The second-order valence-corrected chi connectivity index (χ2v) is 7.17. The molecule has 3 heterocycles. The van der Waals surface area contributed by atoms with Gasteiger partial charge in [0.25, 0.3) is 0 Å². The topological polar surface area (TPSA) is 90.9 Å². The SMILES string of the molecule is CCCCc1c(Oc2c(C)cccc2C)c2c(-c3nnn(C)n3)ccnc2n1O. The first kappa shape index (κ1) is 18.9. The quantitative estimate of drug-likeness (QED) is 0.494. The van der Waals surface area contributed by atoms with Gasteiger partial charge in [-0.15, -0.1) is 10.2 Å². The number of ether oxygens (including phenoxy) is 1. The van der Waals surface area contributed by atoms with Crippen molar-refractivity contribution in [1.29, 1.82) is 0 Å². The van der Waals surface area contributed by atoms with E-state index in [1.165, 1.54) is 4.80 Å². The third-order valence-electron chi connectivity index (χ3n) is 5.01. The Morgan fingerprint density at radius 1 is 1.10 bits per heavy atom. The molecule has 150 valence electrons. The molecule has 0 unspecified atom stereocenters. The maximum Gasteiger partial charge on any atom is 0.205 e. The van der Waals surface area contributed by atoms with Gasteiger partial charge in [-0.05, 0) is 49.1 Å². The van der Waals surface area contributed by atoms with Crippen LogP contribution in [-0.4, -0.2) is 35.1 Å². The van der Waals surface area contributed by atoms with E-state index in [1.54, 1.807) is 13.2 Å². The lowest BCUT2D eigenvalue weighted by Crippen LogP contribution is -2.00. The molecule has 4 rings (SSSR count). The molecular weight excluding hydrogens is 368 g/mol. The number of aromatic nitrogens is 6. The number of tetrazole rings is 1. The van der Waals surface area contributed by atoms with Gasteiger partial charge in [-0.25, -0.2) is 4.98 Å². The second-order valence-electron chi connectivity index (χ2n) is 7.17. The Hall–Kier alpha value is -3.42. The second kappa shape index (κ2) is 7.54. The Balaban J connectivity index is 1.99. The van der Waals surface area contributed by atoms with Crippen LogP contribution in [0, 0.1) is 13.8 Å². The van der Waals surface area contributed by atoms with E-state index >= 15 is 0 Å². The van der Waals surface area contributed by atoms with Crippen LogP contribution in [0.15, 0.2) is 30.5 Å². The first-order valence-corrected chi connectivity index (χ1v) is 9.71. The zero-order chi connectivity index (χ0) is 20.5. The van der Waals surface area contributed by atoms with Crippen LogP contribution in [-0.2, 0) is 13.5 Å². The van der Waals surface area contributed by atoms with Crippen molar-refractivity contribution in [1.82, 2.24) is 29.9 Å². The zero-order valence-electron chi connectivity index (χ0n) is 17.0. The Labute approximate surface area is 168 Å². The molecule has 1 N–H and O–H groups in total. The number of benzene rings is 1. The van der Waals surface area contributed by atoms with Crippen LogP contribution in [0.25, 0.3) is 22.4 Å². The normalized spacial score (nSPS) is 11.3. The van der Waals surface area contributed by atoms with Gasteiger partial charge in [0, 0.05) is 11.8 Å². The fourth-order valence-corrected chi connectivity index (χ4v) is 3.52. The minimum absolute atomic E-state index is 0.419. The van der Waals surface area contributed by atoms with Crippen molar-refractivity contribution in [3.8, 4) is 22.9 Å². The van der Waals surface area contributed by atoms with E-state index in [1.807, 2.05) is 38.1 Å². The smallest absolute Gasteiger partial charge is 0.205 e. The minimum atomic E-state index is 0.419. The number of nitrogens with zero attached hydrogens (tertiary/aromatic N) is 6. The first-order valence-electron chi connectivity index (χ1n) is 9.71. The highest BCUT2D eigenvalue weighted by molar-refractivity contribution is 5.97. The average molecular weight is 392 g/mol. The van der Waals surface area contributed by atoms with E-state index in [4.69, 9.17) is 4.74 Å². The third-order valence-corrected chi connectivity index (χ3v) is 5.01. The Kier molecular flexibility index (Phi) is 4.92. The molecule has 0 saturated heterocycles. The van der Waals surface area contributed by atoms with Crippen LogP contribution in [0.5, 0.6) is 11.5 Å². The molecule has 8 nitrogen and oxygen atoms in total. The molecule has 29 heavy (non-hydrogen) atoms. The standard InChI is InChI=1S/C21H24N6O2/c1-5-6-10-16-19(29-18-13(2)8-7-9-14(18)3)17-15(20-23-25-26(4)24-20)11-12-22-21(17)27(16)28/h7-9,11-12,28H,5-6,10H2,1-4H3. The molecular formula is C21H24N6O2. The molecule has 0 radical (unpaired) electrons. The molecule has 4 aromatic rings. The molecule has 1 aromatic carbocycles. The lowest BCUT2D eigenvalue weighted by atomic mass is 10.1. The van der Waals surface area contributed by atoms with Crippen molar-refractivity contribution in [2.24, 2.45) is 7.05 Å². The monoisotopic (exact) mass is 392 g/mol. The summed E-state index contributed by atoms with van der Waals surface area (Å²) in [6.07, 6.45) is 4.21. The highest BCUT2D eigenvalue weighted by atomic mass is 16.5. The summed E-state index contributed by atoms with van der Waals surface area (Å²) >= 11 is 0. The number of fused-ring (bicyclic) bond motifs is 1. The molecule has 0 bridgehead atoms. The number of unbranched alkanes of at least 4 members (excludes halogenated alkanes) is 1. The van der Waals surface area contributed by atoms with Crippen molar-refractivity contribution in [2.45, 2.75) is 40.0 Å². The van der Waals surface area contributed by atoms with E-state index in [-0.39, 0.29) is 0 Å². The first-order chi connectivity index (χ1) is 14.0. The average Bonchev–Trinajstić information content (AvgIpc) is 3.25. The Morgan fingerprint density at radius 2 is 1.86 bits per heavy atom. The minimum Gasteiger partial charge on any atom is -0.454 e. The Morgan fingerprint density at radius 3 is 2.52 bits per heavy atom. The van der Waals surface area contributed by atoms with Gasteiger partial charge in [0.05, 0.1) is 12.4 Å². The number of hydrogen-bond acceptors (Lipinski definition) is 6. The van der Waals surface area contributed by atoms with Crippen molar-refractivity contribution in [2.75, 3.05) is 0 Å². The molecule has 0 fully saturated rings. The predicted octanol–water partition coefficient (Wildman–Crippen LogP) is 4.22. The van der Waals surface area contributed by atoms with Gasteiger partial charge in [0.15, 0.2) is 11.4 Å². The van der Waals surface area contributed by atoms with Gasteiger partial charge in [0.1, 0.15) is 11.4 Å². The van der Waals surface area contributed by atoms with Crippen molar-refractivity contribution in [3.05, 3.63) is 47.3 Å². The number of pyridine rings is 1. The third kappa shape index (κ3) is 3.30. The fourth-order valence-electron chi connectivity index (χ4n) is 3.52. The van der Waals surface area contributed by atoms with Crippen LogP contribution in [0.3, 0.4) is 0 Å². The summed E-state index contributed by atoms with van der Waals surface area (Å²) < 4.78 is 7.60. The molecule has 8 heteroatoms. The molecule has 3 aromatic heterocycles. The summed E-state index contributed by atoms with van der Waals surface area (Å²) in [6, 6.07) is 7.84. The lowest BCUT2D eigenvalue weighted by Gasteiger charge is -2.13. The summed E-state index contributed by atoms with van der Waals surface area (Å²) in [5.74, 6) is 1.82. The molecule has 0 aliphatic rings. The summed E-state index contributed by atoms with van der Waals surface area (Å²) in [5, 5.41) is 24.0. The zero-order valence-corrected chi connectivity index (χ0v) is 17.0. The van der Waals surface area contributed by atoms with Crippen LogP contribution in [0.2, 0.25) is 0 Å². The van der Waals surface area contributed by atoms with Gasteiger partial charge in [-0.2, -0.15) is 9.53 Å². The summed E-state index contributed by atoms with van der Waals surface area (Å²) in [6.45, 7) is 6.13. The van der Waals surface area contributed by atoms with Crippen LogP contribution in [0.4, 0.5) is 0 Å². The largest absolute Gasteiger partial charge is 0.454 e. The fraction of sp³-hybridized carbons (Fsp3) is 0.333. The highest BCUT2D eigenvalue weighted by Crippen LogP contribution is 2.41. The summed E-state index contributed by atoms with van der Waals surface area (Å²) in [5.41, 5.74) is 3.87. The predicted molar refractivity (Wildman–Crippen MR) is 109 cm³/mol. The van der Waals surface area contributed by atoms with Crippen LogP contribution >= 0.6 is 0 Å². The molecule has 0 saturated carbocycles. The summed E-state index contributed by atoms with van der Waals surface area (Å²) in [4.78, 5) is 5.80. The summed E-state index contributed by atoms with van der Waals surface area (Å²) in [7, 11) is 1.72. The van der Waals surface area contributed by atoms with Crippen LogP contribution < -0.4 is 4.74 Å². The van der Waals surface area contributed by atoms with Gasteiger partial charge < -0.3 is 9.94 Å². The highest BCUT2D eigenvalue weighted by Gasteiger charge is 2.25. The van der Waals surface area contributed by atoms with E-state index in [0.29, 0.717) is 34.7 Å². The molecule has 0 atom stereocenters. The number of hydrogen-bond donors (Lipinski definition) is 1. The lowest BCUT2D eigenvalue weighted by molar-refractivity contribution is 0.186. The maximum atomic E-state index is 10.9. The van der Waals surface area contributed by atoms with Crippen molar-refractivity contribution >= 4 is 11.0 Å². The molecule has 0 amide bonds. The van der Waals surface area contributed by atoms with Gasteiger partial charge >= 0.3 is 0 Å².